The molecule has 0 amide bonds. The van der Waals surface area contributed by atoms with Gasteiger partial charge >= 0.3 is 6.18 Å². The van der Waals surface area contributed by atoms with E-state index in [-0.39, 0.29) is 5.69 Å². The summed E-state index contributed by atoms with van der Waals surface area (Å²) in [6.45, 7) is 8.57. The van der Waals surface area contributed by atoms with Crippen molar-refractivity contribution >= 4 is 17.8 Å². The Morgan fingerprint density at radius 2 is 1.77 bits per heavy atom. The van der Waals surface area contributed by atoms with Crippen LogP contribution in [0.4, 0.5) is 18.9 Å². The molecular weight excluding hydrogens is 335 g/mol. The molecule has 0 atom stereocenters. The van der Waals surface area contributed by atoms with Crippen molar-refractivity contribution < 1.29 is 13.2 Å². The van der Waals surface area contributed by atoms with Gasteiger partial charge in [0.05, 0.1) is 5.56 Å². The second kappa shape index (κ2) is 8.93. The van der Waals surface area contributed by atoms with Crippen LogP contribution in [0.1, 0.15) is 50.7 Å². The molecule has 2 rings (SSSR count). The van der Waals surface area contributed by atoms with Gasteiger partial charge in [-0.05, 0) is 46.5 Å². The van der Waals surface area contributed by atoms with E-state index in [4.69, 9.17) is 0 Å². The minimum atomic E-state index is -4.40. The fourth-order valence-corrected chi connectivity index (χ4v) is 3.08. The van der Waals surface area contributed by atoms with Gasteiger partial charge in [-0.2, -0.15) is 13.2 Å². The zero-order chi connectivity index (χ0) is 19.2. The number of hydrogen-bond donors (Lipinski definition) is 1. The lowest BCUT2D eigenvalue weighted by molar-refractivity contribution is -0.137. The molecule has 2 aromatic rings. The molecule has 0 aliphatic carbocycles. The van der Waals surface area contributed by atoms with E-state index < -0.39 is 11.7 Å². The molecule has 1 nitrogen and oxygen atoms in total. The van der Waals surface area contributed by atoms with Crippen molar-refractivity contribution in [3.63, 3.8) is 0 Å². The molecular formula is C22H26F3N. The van der Waals surface area contributed by atoms with Crippen LogP contribution < -0.4 is 15.8 Å². The molecule has 0 heterocycles. The minimum Gasteiger partial charge on any atom is -0.385 e. The van der Waals surface area contributed by atoms with Crippen LogP contribution in [-0.2, 0) is 6.18 Å². The van der Waals surface area contributed by atoms with E-state index in [1.807, 2.05) is 31.2 Å². The summed E-state index contributed by atoms with van der Waals surface area (Å²) >= 11 is 0. The number of rotatable bonds is 7. The van der Waals surface area contributed by atoms with Crippen LogP contribution in [0, 0.1) is 0 Å². The summed E-state index contributed by atoms with van der Waals surface area (Å²) < 4.78 is 40.8. The Morgan fingerprint density at radius 1 is 1.04 bits per heavy atom. The van der Waals surface area contributed by atoms with Crippen molar-refractivity contribution in [2.24, 2.45) is 0 Å². The molecule has 0 spiro atoms. The molecule has 0 fully saturated rings. The summed E-state index contributed by atoms with van der Waals surface area (Å²) in [5.74, 6) is 0. The van der Waals surface area contributed by atoms with E-state index in [1.165, 1.54) is 6.07 Å². The predicted molar refractivity (Wildman–Crippen MR) is 103 cm³/mol. The van der Waals surface area contributed by atoms with E-state index in [2.05, 4.69) is 18.8 Å². The lowest BCUT2D eigenvalue weighted by Gasteiger charge is -2.17. The number of anilines is 1. The quantitative estimate of drug-likeness (QED) is 0.658. The Morgan fingerprint density at radius 3 is 2.38 bits per heavy atom. The number of unbranched alkanes of at least 4 members (excludes halogenated alkanes) is 2. The molecule has 0 saturated carbocycles. The smallest absolute Gasteiger partial charge is 0.385 e. The van der Waals surface area contributed by atoms with Gasteiger partial charge in [0.15, 0.2) is 0 Å². The molecule has 0 radical (unpaired) electrons. The Balaban J connectivity index is 2.50. The highest BCUT2D eigenvalue weighted by molar-refractivity contribution is 5.69. The third-order valence-corrected chi connectivity index (χ3v) is 4.47. The normalized spacial score (nSPS) is 12.8. The van der Waals surface area contributed by atoms with Crippen molar-refractivity contribution in [2.75, 3.05) is 11.9 Å². The Bertz CT molecular complexity index is 837. The molecule has 0 aromatic heterocycles. The van der Waals surface area contributed by atoms with Gasteiger partial charge in [-0.1, -0.05) is 63.6 Å². The van der Waals surface area contributed by atoms with E-state index in [9.17, 15) is 13.2 Å². The van der Waals surface area contributed by atoms with Gasteiger partial charge in [0.25, 0.3) is 0 Å². The topological polar surface area (TPSA) is 12.0 Å². The molecule has 4 heteroatoms. The summed E-state index contributed by atoms with van der Waals surface area (Å²) in [4.78, 5) is 0. The molecule has 0 bridgehead atoms. The lowest BCUT2D eigenvalue weighted by Crippen LogP contribution is -2.25. The molecule has 2 aromatic carbocycles. The Labute approximate surface area is 153 Å². The van der Waals surface area contributed by atoms with E-state index in [0.717, 1.165) is 35.3 Å². The van der Waals surface area contributed by atoms with Gasteiger partial charge in [-0.25, -0.2) is 0 Å². The maximum atomic E-state index is 13.6. The van der Waals surface area contributed by atoms with Gasteiger partial charge in [0.1, 0.15) is 0 Å². The first-order valence-corrected chi connectivity index (χ1v) is 9.11. The van der Waals surface area contributed by atoms with Gasteiger partial charge in [0, 0.05) is 12.2 Å². The van der Waals surface area contributed by atoms with E-state index in [0.29, 0.717) is 18.5 Å². The third kappa shape index (κ3) is 4.90. The van der Waals surface area contributed by atoms with Gasteiger partial charge < -0.3 is 5.32 Å². The SMILES string of the molecule is C=c1ccccc1=C(CC)c1ccc(NCCCCC)c(C(F)(F)F)c1. The van der Waals surface area contributed by atoms with Crippen molar-refractivity contribution in [3.8, 4) is 0 Å². The molecule has 140 valence electrons. The van der Waals surface area contributed by atoms with E-state index in [1.54, 1.807) is 12.1 Å². The average molecular weight is 361 g/mol. The second-order valence-corrected chi connectivity index (χ2v) is 6.38. The van der Waals surface area contributed by atoms with Crippen LogP contribution in [0.2, 0.25) is 0 Å². The average Bonchev–Trinajstić information content (AvgIpc) is 2.61. The maximum absolute atomic E-state index is 13.6. The highest BCUT2D eigenvalue weighted by Crippen LogP contribution is 2.36. The number of halogens is 3. The van der Waals surface area contributed by atoms with Crippen LogP contribution in [0.25, 0.3) is 12.2 Å². The molecule has 0 aliphatic rings. The largest absolute Gasteiger partial charge is 0.418 e. The van der Waals surface area contributed by atoms with Gasteiger partial charge in [0.2, 0.25) is 0 Å². The Kier molecular flexibility index (Phi) is 6.90. The summed E-state index contributed by atoms with van der Waals surface area (Å²) in [6, 6.07) is 12.1. The number of benzene rings is 2. The van der Waals surface area contributed by atoms with Gasteiger partial charge in [-0.3, -0.25) is 0 Å². The number of hydrogen-bond acceptors (Lipinski definition) is 1. The second-order valence-electron chi connectivity index (χ2n) is 6.38. The highest BCUT2D eigenvalue weighted by Gasteiger charge is 2.34. The fraction of sp³-hybridized carbons (Fsp3) is 0.364. The summed E-state index contributed by atoms with van der Waals surface area (Å²) in [7, 11) is 0. The maximum Gasteiger partial charge on any atom is 0.418 e. The van der Waals surface area contributed by atoms with E-state index >= 15 is 0 Å². The third-order valence-electron chi connectivity index (χ3n) is 4.47. The minimum absolute atomic E-state index is 0.149. The molecule has 26 heavy (non-hydrogen) atoms. The number of nitrogens with one attached hydrogen (secondary N) is 1. The van der Waals surface area contributed by atoms with Crippen LogP contribution in [-0.4, -0.2) is 6.54 Å². The number of alkyl halides is 3. The first-order valence-electron chi connectivity index (χ1n) is 9.11. The summed E-state index contributed by atoms with van der Waals surface area (Å²) in [6.07, 6.45) is -0.873. The van der Waals surface area contributed by atoms with Crippen molar-refractivity contribution in [3.05, 3.63) is 64.0 Å². The van der Waals surface area contributed by atoms with Crippen molar-refractivity contribution in [1.82, 2.24) is 0 Å². The van der Waals surface area contributed by atoms with Crippen LogP contribution in [0.15, 0.2) is 42.5 Å². The molecule has 0 saturated heterocycles. The standard InChI is InChI=1S/C22H26F3N/c1-4-6-9-14-26-21-13-12-17(15-20(21)22(23,24)25)18(5-2)19-11-8-7-10-16(19)3/h7-8,10-13,15,26H,3-6,9,14H2,1-2H3. The zero-order valence-electron chi connectivity index (χ0n) is 15.4. The van der Waals surface area contributed by atoms with Crippen LogP contribution in [0.5, 0.6) is 0 Å². The first kappa shape index (κ1) is 20.1. The zero-order valence-corrected chi connectivity index (χ0v) is 15.4. The summed E-state index contributed by atoms with van der Waals surface area (Å²) in [5, 5.41) is 4.66. The summed E-state index contributed by atoms with van der Waals surface area (Å²) in [5.41, 5.74) is 1.00. The van der Waals surface area contributed by atoms with Crippen molar-refractivity contribution in [1.29, 1.82) is 0 Å². The Hall–Kier alpha value is -2.23. The predicted octanol–water partition coefficient (Wildman–Crippen LogP) is 5.33. The van der Waals surface area contributed by atoms with Gasteiger partial charge in [-0.15, -0.1) is 0 Å². The molecule has 1 N–H and O–H groups in total. The molecule has 0 unspecified atom stereocenters. The fourth-order valence-electron chi connectivity index (χ4n) is 3.08. The highest BCUT2D eigenvalue weighted by atomic mass is 19.4. The molecule has 0 aliphatic heterocycles. The van der Waals surface area contributed by atoms with Crippen LogP contribution in [0.3, 0.4) is 0 Å². The van der Waals surface area contributed by atoms with Crippen LogP contribution >= 0.6 is 0 Å². The lowest BCUT2D eigenvalue weighted by atomic mass is 9.97. The monoisotopic (exact) mass is 361 g/mol. The first-order chi connectivity index (χ1) is 12.4. The van der Waals surface area contributed by atoms with Crippen molar-refractivity contribution in [2.45, 2.75) is 45.7 Å².